The zero-order chi connectivity index (χ0) is 18.9. The molecule has 0 aliphatic rings. The molecule has 0 fully saturated rings. The molecule has 7 heteroatoms. The van der Waals surface area contributed by atoms with Crippen molar-refractivity contribution in [1.82, 2.24) is 9.78 Å². The van der Waals surface area contributed by atoms with Gasteiger partial charge in [-0.05, 0) is 39.0 Å². The third-order valence-electron chi connectivity index (χ3n) is 4.23. The first-order valence-corrected chi connectivity index (χ1v) is 9.63. The molecule has 0 aliphatic carbocycles. The van der Waals surface area contributed by atoms with E-state index >= 15 is 0 Å². The fraction of sp³-hybridized carbons (Fsp3) is 0.211. The lowest BCUT2D eigenvalue weighted by atomic mass is 10.2. The fourth-order valence-corrected chi connectivity index (χ4v) is 3.87. The number of sulfonamides is 1. The second kappa shape index (κ2) is 6.92. The Morgan fingerprint density at radius 2 is 1.69 bits per heavy atom. The van der Waals surface area contributed by atoms with Crippen molar-refractivity contribution < 1.29 is 12.8 Å². The lowest BCUT2D eigenvalue weighted by Gasteiger charge is -2.10. The smallest absolute Gasteiger partial charge is 0.262 e. The van der Waals surface area contributed by atoms with Crippen LogP contribution in [0.25, 0.3) is 0 Å². The molecule has 26 heavy (non-hydrogen) atoms. The minimum Gasteiger partial charge on any atom is -0.276 e. The first-order chi connectivity index (χ1) is 12.3. The van der Waals surface area contributed by atoms with E-state index in [-0.39, 0.29) is 17.3 Å². The van der Waals surface area contributed by atoms with Crippen molar-refractivity contribution in [2.24, 2.45) is 0 Å². The van der Waals surface area contributed by atoms with Crippen LogP contribution in [0.4, 0.5) is 10.1 Å². The molecule has 1 heterocycles. The maximum absolute atomic E-state index is 13.9. The second-order valence-electron chi connectivity index (χ2n) is 6.21. The molecule has 0 unspecified atom stereocenters. The van der Waals surface area contributed by atoms with Crippen LogP contribution in [-0.4, -0.2) is 18.2 Å². The largest absolute Gasteiger partial charge is 0.276 e. The quantitative estimate of drug-likeness (QED) is 0.740. The van der Waals surface area contributed by atoms with Gasteiger partial charge in [0.15, 0.2) is 0 Å². The van der Waals surface area contributed by atoms with E-state index in [1.54, 1.807) is 61.0 Å². The number of nitrogens with zero attached hydrogens (tertiary/aromatic N) is 2. The van der Waals surface area contributed by atoms with Crippen molar-refractivity contribution in [3.8, 4) is 0 Å². The van der Waals surface area contributed by atoms with Gasteiger partial charge in [0.1, 0.15) is 5.82 Å². The number of hydrogen-bond acceptors (Lipinski definition) is 3. The van der Waals surface area contributed by atoms with Gasteiger partial charge in [0.2, 0.25) is 0 Å². The van der Waals surface area contributed by atoms with Gasteiger partial charge in [-0.2, -0.15) is 5.10 Å². The fourth-order valence-electron chi connectivity index (χ4n) is 2.70. The zero-order valence-electron chi connectivity index (χ0n) is 14.8. The van der Waals surface area contributed by atoms with E-state index in [2.05, 4.69) is 9.82 Å². The number of halogens is 1. The predicted octanol–water partition coefficient (Wildman–Crippen LogP) is 3.80. The number of benzene rings is 2. The van der Waals surface area contributed by atoms with Crippen LogP contribution in [0.1, 0.15) is 22.5 Å². The Morgan fingerprint density at radius 3 is 2.35 bits per heavy atom. The van der Waals surface area contributed by atoms with Crippen LogP contribution in [0.15, 0.2) is 53.4 Å². The Morgan fingerprint density at radius 1 is 1.04 bits per heavy atom. The summed E-state index contributed by atoms with van der Waals surface area (Å²) in [5, 5.41) is 4.36. The van der Waals surface area contributed by atoms with E-state index < -0.39 is 10.0 Å². The molecule has 1 N–H and O–H groups in total. The molecule has 136 valence electrons. The summed E-state index contributed by atoms with van der Waals surface area (Å²) in [5.74, 6) is -0.318. The zero-order valence-corrected chi connectivity index (χ0v) is 15.6. The standard InChI is InChI=1S/C19H20FN3O2S/c1-13-8-10-17(11-9-13)26(24,25)22-19-14(2)21-23(15(19)3)12-16-6-4-5-7-18(16)20/h4-11,22H,12H2,1-3H3. The van der Waals surface area contributed by atoms with E-state index in [1.807, 2.05) is 6.92 Å². The highest BCUT2D eigenvalue weighted by Gasteiger charge is 2.20. The van der Waals surface area contributed by atoms with E-state index in [1.165, 1.54) is 6.07 Å². The first kappa shape index (κ1) is 18.1. The molecule has 0 radical (unpaired) electrons. The lowest BCUT2D eigenvalue weighted by Crippen LogP contribution is -2.14. The van der Waals surface area contributed by atoms with Crippen LogP contribution < -0.4 is 4.72 Å². The van der Waals surface area contributed by atoms with Crippen LogP contribution in [0, 0.1) is 26.6 Å². The second-order valence-corrected chi connectivity index (χ2v) is 7.90. The van der Waals surface area contributed by atoms with E-state index in [4.69, 9.17) is 0 Å². The Bertz CT molecular complexity index is 1040. The van der Waals surface area contributed by atoms with Gasteiger partial charge in [0.05, 0.1) is 28.5 Å². The van der Waals surface area contributed by atoms with Crippen LogP contribution in [0.2, 0.25) is 0 Å². The third-order valence-corrected chi connectivity index (χ3v) is 5.59. The highest BCUT2D eigenvalue weighted by molar-refractivity contribution is 7.92. The Balaban J connectivity index is 1.91. The van der Waals surface area contributed by atoms with Crippen molar-refractivity contribution in [2.45, 2.75) is 32.2 Å². The molecule has 2 aromatic carbocycles. The summed E-state index contributed by atoms with van der Waals surface area (Å²) in [5.41, 5.74) is 3.05. The maximum Gasteiger partial charge on any atom is 0.262 e. The summed E-state index contributed by atoms with van der Waals surface area (Å²) in [7, 11) is -3.72. The van der Waals surface area contributed by atoms with Crippen LogP contribution in [-0.2, 0) is 16.6 Å². The molecule has 0 spiro atoms. The molecular formula is C19H20FN3O2S. The van der Waals surface area contributed by atoms with Crippen molar-refractivity contribution >= 4 is 15.7 Å². The van der Waals surface area contributed by atoms with Gasteiger partial charge in [0, 0.05) is 5.56 Å². The average molecular weight is 373 g/mol. The minimum atomic E-state index is -3.72. The molecule has 0 aliphatic heterocycles. The number of nitrogens with one attached hydrogen (secondary N) is 1. The predicted molar refractivity (Wildman–Crippen MR) is 99.2 cm³/mol. The minimum absolute atomic E-state index is 0.184. The van der Waals surface area contributed by atoms with Crippen LogP contribution in [0.3, 0.4) is 0 Å². The van der Waals surface area contributed by atoms with Gasteiger partial charge in [-0.15, -0.1) is 0 Å². The van der Waals surface area contributed by atoms with Crippen molar-refractivity contribution in [3.05, 3.63) is 76.9 Å². The summed E-state index contributed by atoms with van der Waals surface area (Å²) in [4.78, 5) is 0.184. The van der Waals surface area contributed by atoms with Crippen molar-refractivity contribution in [2.75, 3.05) is 4.72 Å². The number of rotatable bonds is 5. The van der Waals surface area contributed by atoms with E-state index in [0.717, 1.165) is 5.56 Å². The highest BCUT2D eigenvalue weighted by atomic mass is 32.2. The Hall–Kier alpha value is -2.67. The third kappa shape index (κ3) is 3.62. The molecule has 0 amide bonds. The van der Waals surface area contributed by atoms with E-state index in [0.29, 0.717) is 22.6 Å². The average Bonchev–Trinajstić information content (AvgIpc) is 2.84. The number of aryl methyl sites for hydroxylation is 2. The highest BCUT2D eigenvalue weighted by Crippen LogP contribution is 2.24. The molecule has 1 aromatic heterocycles. The Labute approximate surface area is 152 Å². The van der Waals surface area contributed by atoms with E-state index in [9.17, 15) is 12.8 Å². The van der Waals surface area contributed by atoms with Gasteiger partial charge in [-0.3, -0.25) is 9.40 Å². The monoisotopic (exact) mass is 373 g/mol. The first-order valence-electron chi connectivity index (χ1n) is 8.15. The number of anilines is 1. The lowest BCUT2D eigenvalue weighted by molar-refractivity contribution is 0.579. The summed E-state index contributed by atoms with van der Waals surface area (Å²) in [6, 6.07) is 13.1. The van der Waals surface area contributed by atoms with Gasteiger partial charge < -0.3 is 0 Å². The number of aromatic nitrogens is 2. The topological polar surface area (TPSA) is 64.0 Å². The molecule has 3 rings (SSSR count). The molecule has 0 bridgehead atoms. The van der Waals surface area contributed by atoms with Crippen molar-refractivity contribution in [3.63, 3.8) is 0 Å². The molecule has 5 nitrogen and oxygen atoms in total. The van der Waals surface area contributed by atoms with Gasteiger partial charge in [-0.1, -0.05) is 35.9 Å². The van der Waals surface area contributed by atoms with Crippen molar-refractivity contribution in [1.29, 1.82) is 0 Å². The van der Waals surface area contributed by atoms with Gasteiger partial charge >= 0.3 is 0 Å². The molecule has 0 atom stereocenters. The number of hydrogen-bond donors (Lipinski definition) is 1. The SMILES string of the molecule is Cc1ccc(S(=O)(=O)Nc2c(C)nn(Cc3ccccc3F)c2C)cc1. The summed E-state index contributed by atoms with van der Waals surface area (Å²) < 4.78 is 43.4. The normalized spacial score (nSPS) is 11.5. The summed E-state index contributed by atoms with van der Waals surface area (Å²) in [6.07, 6.45) is 0. The van der Waals surface area contributed by atoms with Crippen LogP contribution in [0.5, 0.6) is 0 Å². The molecule has 0 saturated heterocycles. The summed E-state index contributed by atoms with van der Waals surface area (Å²) >= 11 is 0. The molecule has 0 saturated carbocycles. The van der Waals surface area contributed by atoms with Gasteiger partial charge in [0.25, 0.3) is 10.0 Å². The Kier molecular flexibility index (Phi) is 4.82. The molecule has 3 aromatic rings. The summed E-state index contributed by atoms with van der Waals surface area (Å²) in [6.45, 7) is 5.60. The van der Waals surface area contributed by atoms with Crippen LogP contribution >= 0.6 is 0 Å². The van der Waals surface area contributed by atoms with Gasteiger partial charge in [-0.25, -0.2) is 12.8 Å². The molecular weight excluding hydrogens is 353 g/mol. The maximum atomic E-state index is 13.9.